The standard InChI is InChI=1S/C37H38F4N6O2/c1-4-22-25(38)10-8-19-14-21(48)15-23(29(19)22)32-31(39)33-30-27(43-32)6-5-7-28-26-11-9-20(42-26)16-47(28)35(30)45-36(44-33)49-18-37(2)17-46(3)13-12-24(37)34(40)41/h1,8,10,14-15,20,24,26,28,34,42,48H,5-7,9,11-13,16-18H2,2-3H3/t20-,24-,26+,28-,37+/m1/s1. The van der Waals surface area contributed by atoms with Gasteiger partial charge in [0.25, 0.3) is 0 Å². The summed E-state index contributed by atoms with van der Waals surface area (Å²) >= 11 is 0. The van der Waals surface area contributed by atoms with Crippen molar-refractivity contribution in [2.24, 2.45) is 11.3 Å². The average molecular weight is 675 g/mol. The molecule has 6 heterocycles. The second kappa shape index (κ2) is 12.0. The van der Waals surface area contributed by atoms with Crippen molar-refractivity contribution in [2.45, 2.75) is 70.0 Å². The zero-order valence-electron chi connectivity index (χ0n) is 27.4. The van der Waals surface area contributed by atoms with E-state index in [-0.39, 0.29) is 64.2 Å². The number of anilines is 1. The van der Waals surface area contributed by atoms with Gasteiger partial charge in [0, 0.05) is 53.5 Å². The number of nitrogens with one attached hydrogen (secondary N) is 1. The molecular formula is C37H38F4N6O2. The smallest absolute Gasteiger partial charge is 0.319 e. The fourth-order valence-corrected chi connectivity index (χ4v) is 8.89. The van der Waals surface area contributed by atoms with Crippen molar-refractivity contribution in [2.75, 3.05) is 38.2 Å². The van der Waals surface area contributed by atoms with Crippen molar-refractivity contribution >= 4 is 27.5 Å². The lowest BCUT2D eigenvalue weighted by atomic mass is 9.73. The van der Waals surface area contributed by atoms with Gasteiger partial charge in [-0.25, -0.2) is 22.5 Å². The summed E-state index contributed by atoms with van der Waals surface area (Å²) in [4.78, 5) is 18.6. The number of pyridine rings is 1. The van der Waals surface area contributed by atoms with Gasteiger partial charge in [-0.2, -0.15) is 9.97 Å². The molecule has 12 heteroatoms. The number of aryl methyl sites for hydroxylation is 1. The first-order valence-electron chi connectivity index (χ1n) is 17.0. The van der Waals surface area contributed by atoms with Crippen molar-refractivity contribution in [3.05, 3.63) is 47.2 Å². The molecule has 0 spiro atoms. The van der Waals surface area contributed by atoms with E-state index in [1.54, 1.807) is 6.92 Å². The van der Waals surface area contributed by atoms with Crippen LogP contribution < -0.4 is 15.0 Å². The highest BCUT2D eigenvalue weighted by molar-refractivity contribution is 6.03. The van der Waals surface area contributed by atoms with Crippen LogP contribution in [0, 0.1) is 35.3 Å². The molecule has 4 aliphatic rings. The lowest BCUT2D eigenvalue weighted by Gasteiger charge is -2.44. The van der Waals surface area contributed by atoms with E-state index in [1.165, 1.54) is 24.3 Å². The number of nitrogens with zero attached hydrogens (tertiary/aromatic N) is 5. The minimum Gasteiger partial charge on any atom is -0.508 e. The number of piperazine rings is 1. The van der Waals surface area contributed by atoms with Crippen LogP contribution in [0.5, 0.6) is 11.8 Å². The van der Waals surface area contributed by atoms with Crippen molar-refractivity contribution in [3.8, 4) is 35.4 Å². The van der Waals surface area contributed by atoms with Gasteiger partial charge in [-0.1, -0.05) is 18.9 Å². The average Bonchev–Trinajstić information content (AvgIpc) is 3.46. The molecule has 0 amide bonds. The van der Waals surface area contributed by atoms with Gasteiger partial charge in [-0.15, -0.1) is 6.42 Å². The number of aromatic hydroxyl groups is 1. The Hall–Kier alpha value is -4.21. The van der Waals surface area contributed by atoms with Gasteiger partial charge < -0.3 is 25.0 Å². The van der Waals surface area contributed by atoms with E-state index < -0.39 is 29.4 Å². The summed E-state index contributed by atoms with van der Waals surface area (Å²) in [6.07, 6.45) is 7.74. The summed E-state index contributed by atoms with van der Waals surface area (Å²) < 4.78 is 66.9. The number of alkyl halides is 2. The monoisotopic (exact) mass is 674 g/mol. The molecule has 2 aromatic carbocycles. The van der Waals surface area contributed by atoms with Gasteiger partial charge in [0.15, 0.2) is 5.82 Å². The molecule has 0 saturated carbocycles. The number of fused-ring (bicyclic) bond motifs is 6. The number of hydrogen-bond donors (Lipinski definition) is 2. The van der Waals surface area contributed by atoms with Gasteiger partial charge in [-0.3, -0.25) is 0 Å². The predicted molar refractivity (Wildman–Crippen MR) is 179 cm³/mol. The van der Waals surface area contributed by atoms with Gasteiger partial charge in [-0.05, 0) is 75.7 Å². The zero-order chi connectivity index (χ0) is 34.2. The van der Waals surface area contributed by atoms with Crippen LogP contribution in [0.2, 0.25) is 0 Å². The van der Waals surface area contributed by atoms with Crippen molar-refractivity contribution in [1.82, 2.24) is 25.2 Å². The largest absolute Gasteiger partial charge is 0.508 e. The van der Waals surface area contributed by atoms with E-state index in [0.717, 1.165) is 25.7 Å². The van der Waals surface area contributed by atoms with Crippen LogP contribution >= 0.6 is 0 Å². The molecule has 0 unspecified atom stereocenters. The third kappa shape index (κ3) is 5.33. The van der Waals surface area contributed by atoms with E-state index in [1.807, 2.05) is 11.9 Å². The lowest BCUT2D eigenvalue weighted by Crippen LogP contribution is -2.58. The highest BCUT2D eigenvalue weighted by atomic mass is 19.3. The van der Waals surface area contributed by atoms with Gasteiger partial charge >= 0.3 is 6.01 Å². The van der Waals surface area contributed by atoms with Crippen molar-refractivity contribution in [1.29, 1.82) is 0 Å². The number of aromatic nitrogens is 3. The first-order valence-corrected chi connectivity index (χ1v) is 17.0. The van der Waals surface area contributed by atoms with Crippen molar-refractivity contribution in [3.63, 3.8) is 0 Å². The Morgan fingerprint density at radius 1 is 1.12 bits per heavy atom. The number of halogens is 4. The van der Waals surface area contributed by atoms with Crippen LogP contribution in [0.15, 0.2) is 24.3 Å². The highest BCUT2D eigenvalue weighted by Crippen LogP contribution is 2.44. The van der Waals surface area contributed by atoms with E-state index in [9.17, 15) is 13.9 Å². The number of likely N-dealkylation sites (tertiary alicyclic amines) is 1. The molecule has 0 radical (unpaired) electrons. The summed E-state index contributed by atoms with van der Waals surface area (Å²) in [6.45, 7) is 3.33. The summed E-state index contributed by atoms with van der Waals surface area (Å²) in [5.41, 5.74) is -0.410. The lowest BCUT2D eigenvalue weighted by molar-refractivity contribution is -0.0679. The SMILES string of the molecule is C#Cc1c(F)ccc2cc(O)cc(-c3nc4c5c(nc(OC[C@]6(C)CN(C)CC[C@@H]6C(F)F)nc5c3F)N3C[C@H]5CC[C@H](N5)[C@H]3CCC4)c12. The van der Waals surface area contributed by atoms with Crippen LogP contribution in [-0.2, 0) is 6.42 Å². The van der Waals surface area contributed by atoms with Gasteiger partial charge in [0.05, 0.1) is 23.3 Å². The maximum atomic E-state index is 17.2. The molecular weight excluding hydrogens is 636 g/mol. The first-order chi connectivity index (χ1) is 23.5. The Bertz CT molecular complexity index is 2020. The molecule has 3 saturated heterocycles. The normalized spacial score (nSPS) is 26.9. The second-order valence-electron chi connectivity index (χ2n) is 14.5. The predicted octanol–water partition coefficient (Wildman–Crippen LogP) is 6.06. The molecule has 2 N–H and O–H groups in total. The summed E-state index contributed by atoms with van der Waals surface area (Å²) in [5, 5.41) is 15.6. The summed E-state index contributed by atoms with van der Waals surface area (Å²) in [6, 6.07) is 5.99. The van der Waals surface area contributed by atoms with Gasteiger partial charge in [0.2, 0.25) is 6.43 Å². The molecule has 8 nitrogen and oxygen atoms in total. The highest BCUT2D eigenvalue weighted by Gasteiger charge is 2.45. The Labute approximate surface area is 281 Å². The van der Waals surface area contributed by atoms with E-state index in [4.69, 9.17) is 21.1 Å². The van der Waals surface area contributed by atoms with Crippen LogP contribution in [0.1, 0.15) is 50.3 Å². The summed E-state index contributed by atoms with van der Waals surface area (Å²) in [7, 11) is 1.90. The van der Waals surface area contributed by atoms with Crippen LogP contribution in [-0.4, -0.2) is 82.8 Å². The quantitative estimate of drug-likeness (QED) is 0.195. The zero-order valence-corrected chi connectivity index (χ0v) is 27.4. The van der Waals surface area contributed by atoms with Crippen LogP contribution in [0.4, 0.5) is 23.4 Å². The van der Waals surface area contributed by atoms with Crippen LogP contribution in [0.25, 0.3) is 32.9 Å². The molecule has 8 rings (SSSR count). The Balaban J connectivity index is 1.33. The Morgan fingerprint density at radius 2 is 1.96 bits per heavy atom. The molecule has 0 aliphatic carbocycles. The number of ether oxygens (including phenoxy) is 1. The number of terminal acetylenes is 1. The number of phenols is 1. The number of piperidine rings is 1. The van der Waals surface area contributed by atoms with E-state index in [0.29, 0.717) is 54.8 Å². The fourth-order valence-electron chi connectivity index (χ4n) is 8.89. The maximum absolute atomic E-state index is 17.2. The first kappa shape index (κ1) is 32.0. The second-order valence-corrected chi connectivity index (χ2v) is 14.5. The molecule has 2 aromatic heterocycles. The van der Waals surface area contributed by atoms with Crippen LogP contribution in [0.3, 0.4) is 0 Å². The maximum Gasteiger partial charge on any atom is 0.319 e. The number of benzene rings is 2. The minimum atomic E-state index is -2.52. The Morgan fingerprint density at radius 3 is 2.76 bits per heavy atom. The molecule has 2 bridgehead atoms. The van der Waals surface area contributed by atoms with E-state index in [2.05, 4.69) is 21.1 Å². The van der Waals surface area contributed by atoms with Gasteiger partial charge in [0.1, 0.15) is 28.6 Å². The molecule has 5 atom stereocenters. The van der Waals surface area contributed by atoms with Crippen molar-refractivity contribution < 1.29 is 27.4 Å². The minimum absolute atomic E-state index is 0.0296. The number of rotatable bonds is 5. The number of phenolic OH excluding ortho intramolecular Hbond substituents is 1. The summed E-state index contributed by atoms with van der Waals surface area (Å²) in [5.74, 6) is 0.417. The molecule has 4 aromatic rings. The Kier molecular flexibility index (Phi) is 7.83. The topological polar surface area (TPSA) is 86.6 Å². The third-order valence-corrected chi connectivity index (χ3v) is 11.2. The molecule has 49 heavy (non-hydrogen) atoms. The number of hydrogen-bond acceptors (Lipinski definition) is 8. The molecule has 4 aliphatic heterocycles. The molecule has 3 fully saturated rings. The molecule has 256 valence electrons. The fraction of sp³-hybridized carbons (Fsp3) is 0.486. The third-order valence-electron chi connectivity index (χ3n) is 11.2. The van der Waals surface area contributed by atoms with E-state index >= 15 is 8.78 Å².